The Balaban J connectivity index is 1.75. The summed E-state index contributed by atoms with van der Waals surface area (Å²) in [5.74, 6) is 1.83. The Morgan fingerprint density at radius 2 is 2.24 bits per heavy atom. The van der Waals surface area contributed by atoms with E-state index in [1.165, 1.54) is 0 Å². The molecule has 1 aliphatic heterocycles. The first kappa shape index (κ1) is 13.9. The van der Waals surface area contributed by atoms with Gasteiger partial charge in [0.25, 0.3) is 5.91 Å². The van der Waals surface area contributed by atoms with Crippen LogP contribution in [-0.4, -0.2) is 28.7 Å². The SMILES string of the molecule is Cn1ccnc1CNC(=O)c1cc(Br)c2c(c1)OCCO2. The maximum Gasteiger partial charge on any atom is 0.251 e. The number of amides is 1. The summed E-state index contributed by atoms with van der Waals surface area (Å²) in [6.07, 6.45) is 3.53. The van der Waals surface area contributed by atoms with Crippen LogP contribution in [0.15, 0.2) is 29.0 Å². The van der Waals surface area contributed by atoms with E-state index < -0.39 is 0 Å². The number of carbonyl (C=O) groups excluding carboxylic acids is 1. The van der Waals surface area contributed by atoms with Gasteiger partial charge < -0.3 is 19.4 Å². The zero-order chi connectivity index (χ0) is 14.8. The molecule has 3 rings (SSSR count). The highest BCUT2D eigenvalue weighted by atomic mass is 79.9. The quantitative estimate of drug-likeness (QED) is 0.916. The van der Waals surface area contributed by atoms with Crippen molar-refractivity contribution in [2.75, 3.05) is 13.2 Å². The van der Waals surface area contributed by atoms with Gasteiger partial charge >= 0.3 is 0 Å². The number of imidazole rings is 1. The Bertz CT molecular complexity index is 684. The minimum absolute atomic E-state index is 0.185. The fraction of sp³-hybridized carbons (Fsp3) is 0.286. The Hall–Kier alpha value is -2.02. The Labute approximate surface area is 130 Å². The van der Waals surface area contributed by atoms with E-state index in [0.29, 0.717) is 41.3 Å². The van der Waals surface area contributed by atoms with Crippen molar-refractivity contribution in [2.24, 2.45) is 7.05 Å². The van der Waals surface area contributed by atoms with Gasteiger partial charge in [0.15, 0.2) is 11.5 Å². The normalized spacial score (nSPS) is 13.0. The topological polar surface area (TPSA) is 65.4 Å². The summed E-state index contributed by atoms with van der Waals surface area (Å²) in [4.78, 5) is 16.4. The minimum atomic E-state index is -0.185. The highest BCUT2D eigenvalue weighted by Gasteiger charge is 2.19. The minimum Gasteiger partial charge on any atom is -0.486 e. The number of ether oxygens (including phenoxy) is 2. The third kappa shape index (κ3) is 2.87. The first-order chi connectivity index (χ1) is 10.1. The Morgan fingerprint density at radius 1 is 1.43 bits per heavy atom. The number of rotatable bonds is 3. The summed E-state index contributed by atoms with van der Waals surface area (Å²) in [5, 5.41) is 2.84. The summed E-state index contributed by atoms with van der Waals surface area (Å²) in [7, 11) is 1.88. The number of halogens is 1. The lowest BCUT2D eigenvalue weighted by atomic mass is 10.2. The van der Waals surface area contributed by atoms with Gasteiger partial charge in [0.05, 0.1) is 11.0 Å². The summed E-state index contributed by atoms with van der Waals surface area (Å²) in [6, 6.07) is 3.41. The molecule has 21 heavy (non-hydrogen) atoms. The molecule has 2 heterocycles. The van der Waals surface area contributed by atoms with Crippen molar-refractivity contribution in [3.05, 3.63) is 40.4 Å². The molecule has 0 radical (unpaired) electrons. The highest BCUT2D eigenvalue weighted by molar-refractivity contribution is 9.10. The molecule has 0 fully saturated rings. The van der Waals surface area contributed by atoms with Gasteiger partial charge in [-0.05, 0) is 28.1 Å². The van der Waals surface area contributed by atoms with Crippen LogP contribution in [0.4, 0.5) is 0 Å². The van der Waals surface area contributed by atoms with Crippen LogP contribution in [0.3, 0.4) is 0 Å². The van der Waals surface area contributed by atoms with Crippen molar-refractivity contribution in [1.29, 1.82) is 0 Å². The third-order valence-corrected chi connectivity index (χ3v) is 3.78. The number of nitrogens with one attached hydrogen (secondary N) is 1. The van der Waals surface area contributed by atoms with Crippen molar-refractivity contribution in [2.45, 2.75) is 6.54 Å². The second kappa shape index (κ2) is 5.77. The number of fused-ring (bicyclic) bond motifs is 1. The van der Waals surface area contributed by atoms with Gasteiger partial charge in [-0.2, -0.15) is 0 Å². The van der Waals surface area contributed by atoms with Crippen LogP contribution >= 0.6 is 15.9 Å². The lowest BCUT2D eigenvalue weighted by Crippen LogP contribution is -2.25. The van der Waals surface area contributed by atoms with Crippen LogP contribution in [0.25, 0.3) is 0 Å². The van der Waals surface area contributed by atoms with Gasteiger partial charge in [-0.3, -0.25) is 4.79 Å². The maximum absolute atomic E-state index is 12.2. The van der Waals surface area contributed by atoms with Crippen LogP contribution in [0, 0.1) is 0 Å². The average molecular weight is 352 g/mol. The van der Waals surface area contributed by atoms with E-state index in [0.717, 1.165) is 5.82 Å². The van der Waals surface area contributed by atoms with Crippen LogP contribution in [-0.2, 0) is 13.6 Å². The van der Waals surface area contributed by atoms with Crippen LogP contribution < -0.4 is 14.8 Å². The molecular weight excluding hydrogens is 338 g/mol. The molecule has 0 atom stereocenters. The van der Waals surface area contributed by atoms with Crippen molar-refractivity contribution in [3.8, 4) is 11.5 Å². The van der Waals surface area contributed by atoms with E-state index in [9.17, 15) is 4.79 Å². The van der Waals surface area contributed by atoms with E-state index in [1.807, 2.05) is 17.8 Å². The highest BCUT2D eigenvalue weighted by Crippen LogP contribution is 2.38. The average Bonchev–Trinajstić information content (AvgIpc) is 2.90. The molecule has 1 amide bonds. The molecule has 2 aromatic rings. The molecule has 1 aromatic heterocycles. The molecule has 0 saturated carbocycles. The number of aryl methyl sites for hydroxylation is 1. The van der Waals surface area contributed by atoms with Gasteiger partial charge in [-0.25, -0.2) is 4.98 Å². The summed E-state index contributed by atoms with van der Waals surface area (Å²) >= 11 is 3.40. The number of hydrogen-bond donors (Lipinski definition) is 1. The monoisotopic (exact) mass is 351 g/mol. The number of hydrogen-bond acceptors (Lipinski definition) is 4. The van der Waals surface area contributed by atoms with Crippen LogP contribution in [0.5, 0.6) is 11.5 Å². The molecule has 7 heteroatoms. The van der Waals surface area contributed by atoms with Gasteiger partial charge in [-0.15, -0.1) is 0 Å². The van der Waals surface area contributed by atoms with Crippen LogP contribution in [0.2, 0.25) is 0 Å². The first-order valence-electron chi connectivity index (χ1n) is 6.48. The molecule has 0 bridgehead atoms. The molecule has 1 aliphatic rings. The van der Waals surface area contributed by atoms with Crippen molar-refractivity contribution in [1.82, 2.24) is 14.9 Å². The smallest absolute Gasteiger partial charge is 0.251 e. The van der Waals surface area contributed by atoms with Crippen molar-refractivity contribution >= 4 is 21.8 Å². The summed E-state index contributed by atoms with van der Waals surface area (Å²) in [6.45, 7) is 1.36. The third-order valence-electron chi connectivity index (χ3n) is 3.19. The number of carbonyl (C=O) groups is 1. The molecule has 1 N–H and O–H groups in total. The van der Waals surface area contributed by atoms with Gasteiger partial charge in [0.2, 0.25) is 0 Å². The van der Waals surface area contributed by atoms with E-state index in [1.54, 1.807) is 18.3 Å². The van der Waals surface area contributed by atoms with E-state index >= 15 is 0 Å². The van der Waals surface area contributed by atoms with Gasteiger partial charge in [0.1, 0.15) is 19.0 Å². The molecule has 0 saturated heterocycles. The Morgan fingerprint density at radius 3 is 3.00 bits per heavy atom. The molecule has 0 unspecified atom stereocenters. The number of aromatic nitrogens is 2. The van der Waals surface area contributed by atoms with Crippen molar-refractivity contribution < 1.29 is 14.3 Å². The molecule has 110 valence electrons. The predicted molar refractivity (Wildman–Crippen MR) is 79.5 cm³/mol. The predicted octanol–water partition coefficient (Wildman–Crippen LogP) is 1.88. The standard InChI is InChI=1S/C14H14BrN3O3/c1-18-3-2-16-12(18)8-17-14(19)9-6-10(15)13-11(7-9)20-4-5-21-13/h2-3,6-7H,4-5,8H2,1H3,(H,17,19). The Kier molecular flexibility index (Phi) is 3.83. The molecule has 6 nitrogen and oxygen atoms in total. The number of benzene rings is 1. The maximum atomic E-state index is 12.2. The molecular formula is C14H14BrN3O3. The number of nitrogens with zero attached hydrogens (tertiary/aromatic N) is 2. The van der Waals surface area contributed by atoms with E-state index in [-0.39, 0.29) is 5.91 Å². The largest absolute Gasteiger partial charge is 0.486 e. The van der Waals surface area contributed by atoms with E-state index in [2.05, 4.69) is 26.2 Å². The fourth-order valence-electron chi connectivity index (χ4n) is 2.07. The molecule has 0 aliphatic carbocycles. The van der Waals surface area contributed by atoms with Crippen molar-refractivity contribution in [3.63, 3.8) is 0 Å². The van der Waals surface area contributed by atoms with E-state index in [4.69, 9.17) is 9.47 Å². The molecule has 1 aromatic carbocycles. The zero-order valence-electron chi connectivity index (χ0n) is 11.4. The second-order valence-corrected chi connectivity index (χ2v) is 5.47. The lowest BCUT2D eigenvalue weighted by Gasteiger charge is -2.20. The van der Waals surface area contributed by atoms with Gasteiger partial charge in [-0.1, -0.05) is 0 Å². The van der Waals surface area contributed by atoms with Gasteiger partial charge in [0, 0.05) is 25.0 Å². The zero-order valence-corrected chi connectivity index (χ0v) is 13.0. The summed E-state index contributed by atoms with van der Waals surface area (Å²) in [5.41, 5.74) is 0.514. The van der Waals surface area contributed by atoms with Crippen LogP contribution in [0.1, 0.15) is 16.2 Å². The summed E-state index contributed by atoms with van der Waals surface area (Å²) < 4.78 is 13.6. The lowest BCUT2D eigenvalue weighted by molar-refractivity contribution is 0.0948. The molecule has 0 spiro atoms. The fourth-order valence-corrected chi connectivity index (χ4v) is 2.63. The second-order valence-electron chi connectivity index (χ2n) is 4.62. The first-order valence-corrected chi connectivity index (χ1v) is 7.28.